The van der Waals surface area contributed by atoms with Gasteiger partial charge in [-0.2, -0.15) is 0 Å². The SMILES string of the molecule is CCc1cc(NCCCCCl)ncn1. The highest BCUT2D eigenvalue weighted by Crippen LogP contribution is 2.04. The third kappa shape index (κ3) is 3.92. The summed E-state index contributed by atoms with van der Waals surface area (Å²) in [6.45, 7) is 3.01. The minimum absolute atomic E-state index is 0.728. The predicted molar refractivity (Wildman–Crippen MR) is 59.9 cm³/mol. The summed E-state index contributed by atoms with van der Waals surface area (Å²) in [7, 11) is 0. The Hall–Kier alpha value is -0.830. The summed E-state index contributed by atoms with van der Waals surface area (Å²) in [5.74, 6) is 1.64. The molecule has 1 rings (SSSR count). The Morgan fingerprint density at radius 3 is 2.93 bits per heavy atom. The van der Waals surface area contributed by atoms with Crippen molar-refractivity contribution in [1.82, 2.24) is 9.97 Å². The molecule has 78 valence electrons. The Bertz CT molecular complexity index is 265. The number of anilines is 1. The minimum atomic E-state index is 0.728. The van der Waals surface area contributed by atoms with E-state index in [0.29, 0.717) is 0 Å². The van der Waals surface area contributed by atoms with Crippen molar-refractivity contribution in [2.24, 2.45) is 0 Å². The Kier molecular flexibility index (Phi) is 5.30. The van der Waals surface area contributed by atoms with Crippen LogP contribution in [0.1, 0.15) is 25.5 Å². The number of aromatic nitrogens is 2. The molecule has 0 atom stereocenters. The van der Waals surface area contributed by atoms with Crippen LogP contribution >= 0.6 is 11.6 Å². The second-order valence-corrected chi connectivity index (χ2v) is 3.45. The molecular formula is C10H16ClN3. The van der Waals surface area contributed by atoms with E-state index in [9.17, 15) is 0 Å². The zero-order valence-electron chi connectivity index (χ0n) is 8.46. The largest absolute Gasteiger partial charge is 0.370 e. The van der Waals surface area contributed by atoms with Crippen LogP contribution in [0, 0.1) is 0 Å². The topological polar surface area (TPSA) is 37.8 Å². The molecule has 0 aliphatic rings. The van der Waals surface area contributed by atoms with Gasteiger partial charge in [-0.1, -0.05) is 6.92 Å². The number of rotatable bonds is 6. The van der Waals surface area contributed by atoms with Gasteiger partial charge in [-0.05, 0) is 19.3 Å². The minimum Gasteiger partial charge on any atom is -0.370 e. The maximum absolute atomic E-state index is 5.58. The molecule has 0 aromatic carbocycles. The Balaban J connectivity index is 2.34. The third-order valence-corrected chi connectivity index (χ3v) is 2.22. The molecule has 3 nitrogen and oxygen atoms in total. The van der Waals surface area contributed by atoms with Crippen LogP contribution in [0.3, 0.4) is 0 Å². The van der Waals surface area contributed by atoms with Gasteiger partial charge >= 0.3 is 0 Å². The lowest BCUT2D eigenvalue weighted by Crippen LogP contribution is -2.04. The van der Waals surface area contributed by atoms with E-state index in [1.165, 1.54) is 0 Å². The summed E-state index contributed by atoms with van der Waals surface area (Å²) < 4.78 is 0. The van der Waals surface area contributed by atoms with Gasteiger partial charge < -0.3 is 5.32 Å². The van der Waals surface area contributed by atoms with E-state index in [2.05, 4.69) is 22.2 Å². The van der Waals surface area contributed by atoms with Crippen molar-refractivity contribution >= 4 is 17.4 Å². The molecule has 0 bridgehead atoms. The van der Waals surface area contributed by atoms with Crippen LogP contribution < -0.4 is 5.32 Å². The Labute approximate surface area is 89.9 Å². The first-order valence-corrected chi connectivity index (χ1v) is 5.51. The fourth-order valence-electron chi connectivity index (χ4n) is 1.12. The lowest BCUT2D eigenvalue weighted by molar-refractivity contribution is 0.834. The average molecular weight is 214 g/mol. The molecule has 14 heavy (non-hydrogen) atoms. The molecule has 1 N–H and O–H groups in total. The van der Waals surface area contributed by atoms with E-state index in [-0.39, 0.29) is 0 Å². The van der Waals surface area contributed by atoms with Crippen molar-refractivity contribution < 1.29 is 0 Å². The van der Waals surface area contributed by atoms with Gasteiger partial charge in [0, 0.05) is 24.2 Å². The van der Waals surface area contributed by atoms with E-state index in [1.54, 1.807) is 6.33 Å². The van der Waals surface area contributed by atoms with E-state index in [4.69, 9.17) is 11.6 Å². The number of halogens is 1. The standard InChI is InChI=1S/C10H16ClN3/c1-2-9-7-10(14-8-13-9)12-6-4-3-5-11/h7-8H,2-6H2,1H3,(H,12,13,14). The second kappa shape index (κ2) is 6.60. The first kappa shape index (κ1) is 11.2. The van der Waals surface area contributed by atoms with Gasteiger partial charge in [0.05, 0.1) is 0 Å². The van der Waals surface area contributed by atoms with E-state index in [1.807, 2.05) is 6.07 Å². The van der Waals surface area contributed by atoms with Crippen molar-refractivity contribution in [3.8, 4) is 0 Å². The van der Waals surface area contributed by atoms with Crippen LogP contribution in [0.4, 0.5) is 5.82 Å². The molecule has 1 heterocycles. The first-order chi connectivity index (χ1) is 6.86. The fraction of sp³-hybridized carbons (Fsp3) is 0.600. The van der Waals surface area contributed by atoms with Crippen molar-refractivity contribution in [3.63, 3.8) is 0 Å². The molecule has 0 amide bonds. The third-order valence-electron chi connectivity index (χ3n) is 1.95. The number of nitrogens with zero attached hydrogens (tertiary/aromatic N) is 2. The van der Waals surface area contributed by atoms with Gasteiger partial charge in [-0.15, -0.1) is 11.6 Å². The number of unbranched alkanes of at least 4 members (excludes halogenated alkanes) is 1. The van der Waals surface area contributed by atoms with Crippen LogP contribution in [-0.2, 0) is 6.42 Å². The average Bonchev–Trinajstić information content (AvgIpc) is 2.25. The van der Waals surface area contributed by atoms with Crippen LogP contribution in [0.15, 0.2) is 12.4 Å². The molecular weight excluding hydrogens is 198 g/mol. The monoisotopic (exact) mass is 213 g/mol. The van der Waals surface area contributed by atoms with Crippen LogP contribution in [-0.4, -0.2) is 22.4 Å². The van der Waals surface area contributed by atoms with Gasteiger partial charge in [0.15, 0.2) is 0 Å². The van der Waals surface area contributed by atoms with Crippen LogP contribution in [0.5, 0.6) is 0 Å². The lowest BCUT2D eigenvalue weighted by Gasteiger charge is -2.04. The number of alkyl halides is 1. The highest BCUT2D eigenvalue weighted by atomic mass is 35.5. The molecule has 0 spiro atoms. The summed E-state index contributed by atoms with van der Waals surface area (Å²) in [6, 6.07) is 1.99. The quantitative estimate of drug-likeness (QED) is 0.583. The smallest absolute Gasteiger partial charge is 0.129 e. The number of aryl methyl sites for hydroxylation is 1. The molecule has 0 radical (unpaired) electrons. The Morgan fingerprint density at radius 2 is 2.21 bits per heavy atom. The summed E-state index contributed by atoms with van der Waals surface area (Å²) >= 11 is 5.58. The van der Waals surface area contributed by atoms with Gasteiger partial charge in [0.25, 0.3) is 0 Å². The molecule has 0 saturated carbocycles. The zero-order chi connectivity index (χ0) is 10.2. The number of nitrogens with one attached hydrogen (secondary N) is 1. The van der Waals surface area contributed by atoms with E-state index >= 15 is 0 Å². The van der Waals surface area contributed by atoms with E-state index in [0.717, 1.165) is 43.2 Å². The molecule has 0 saturated heterocycles. The van der Waals surface area contributed by atoms with E-state index < -0.39 is 0 Å². The fourth-order valence-corrected chi connectivity index (χ4v) is 1.31. The normalized spacial score (nSPS) is 10.1. The predicted octanol–water partition coefficient (Wildman–Crippen LogP) is 2.47. The molecule has 0 fully saturated rings. The lowest BCUT2D eigenvalue weighted by atomic mass is 10.3. The zero-order valence-corrected chi connectivity index (χ0v) is 9.22. The van der Waals surface area contributed by atoms with Gasteiger partial charge in [-0.3, -0.25) is 0 Å². The molecule has 1 aromatic rings. The number of hydrogen-bond acceptors (Lipinski definition) is 3. The van der Waals surface area contributed by atoms with Crippen molar-refractivity contribution in [3.05, 3.63) is 18.1 Å². The molecule has 1 aromatic heterocycles. The van der Waals surface area contributed by atoms with Crippen LogP contribution in [0.25, 0.3) is 0 Å². The summed E-state index contributed by atoms with van der Waals surface area (Å²) in [4.78, 5) is 8.26. The van der Waals surface area contributed by atoms with Crippen LogP contribution in [0.2, 0.25) is 0 Å². The number of hydrogen-bond donors (Lipinski definition) is 1. The van der Waals surface area contributed by atoms with Gasteiger partial charge in [0.1, 0.15) is 12.1 Å². The highest BCUT2D eigenvalue weighted by molar-refractivity contribution is 6.17. The summed E-state index contributed by atoms with van der Waals surface area (Å²) in [5, 5.41) is 3.24. The van der Waals surface area contributed by atoms with Crippen molar-refractivity contribution in [1.29, 1.82) is 0 Å². The first-order valence-electron chi connectivity index (χ1n) is 4.97. The maximum atomic E-state index is 5.58. The molecule has 4 heteroatoms. The molecule has 0 aliphatic carbocycles. The van der Waals surface area contributed by atoms with Crippen molar-refractivity contribution in [2.45, 2.75) is 26.2 Å². The maximum Gasteiger partial charge on any atom is 0.129 e. The molecule has 0 aliphatic heterocycles. The Morgan fingerprint density at radius 1 is 1.36 bits per heavy atom. The summed E-state index contributed by atoms with van der Waals surface area (Å²) in [6.07, 6.45) is 4.66. The highest BCUT2D eigenvalue weighted by Gasteiger charge is 1.95. The van der Waals surface area contributed by atoms with Gasteiger partial charge in [0.2, 0.25) is 0 Å². The summed E-state index contributed by atoms with van der Waals surface area (Å²) in [5.41, 5.74) is 1.07. The van der Waals surface area contributed by atoms with Gasteiger partial charge in [-0.25, -0.2) is 9.97 Å². The van der Waals surface area contributed by atoms with Crippen molar-refractivity contribution in [2.75, 3.05) is 17.7 Å². The molecule has 0 unspecified atom stereocenters. The second-order valence-electron chi connectivity index (χ2n) is 3.07.